The Kier molecular flexibility index (Phi) is 5.59. The predicted molar refractivity (Wildman–Crippen MR) is 78.4 cm³/mol. The van der Waals surface area contributed by atoms with E-state index in [1.807, 2.05) is 6.07 Å². The monoisotopic (exact) mass is 305 g/mol. The van der Waals surface area contributed by atoms with E-state index < -0.39 is 11.6 Å². The predicted octanol–water partition coefficient (Wildman–Crippen LogP) is 4.40. The summed E-state index contributed by atoms with van der Waals surface area (Å²) in [4.78, 5) is 0.307. The molecule has 0 unspecified atom stereocenters. The fraction of sp³-hybridized carbons (Fsp3) is 0.188. The Hall–Kier alpha value is -2.06. The second-order valence-corrected chi connectivity index (χ2v) is 5.40. The number of rotatable bonds is 6. The van der Waals surface area contributed by atoms with E-state index in [-0.39, 0.29) is 0 Å². The first-order chi connectivity index (χ1) is 10.2. The number of nitriles is 1. The van der Waals surface area contributed by atoms with Gasteiger partial charge in [-0.2, -0.15) is 5.26 Å². The lowest BCUT2D eigenvalue weighted by atomic mass is 10.2. The Morgan fingerprint density at radius 1 is 1.14 bits per heavy atom. The summed E-state index contributed by atoms with van der Waals surface area (Å²) in [5.74, 6) is 0.404. The molecule has 2 aromatic carbocycles. The van der Waals surface area contributed by atoms with Crippen molar-refractivity contribution in [3.63, 3.8) is 0 Å². The number of nitrogens with zero attached hydrogens (tertiary/aromatic N) is 1. The van der Waals surface area contributed by atoms with Crippen LogP contribution in [0.3, 0.4) is 0 Å². The van der Waals surface area contributed by atoms with Crippen LogP contribution in [0.25, 0.3) is 0 Å². The molecule has 0 aliphatic rings. The lowest BCUT2D eigenvalue weighted by Crippen LogP contribution is -1.99. The van der Waals surface area contributed by atoms with Crippen LogP contribution in [0.2, 0.25) is 0 Å². The summed E-state index contributed by atoms with van der Waals surface area (Å²) in [6.45, 7) is 0.457. The fourth-order valence-electron chi connectivity index (χ4n) is 1.67. The van der Waals surface area contributed by atoms with Crippen LogP contribution in [0.15, 0.2) is 47.4 Å². The summed E-state index contributed by atoms with van der Waals surface area (Å²) >= 11 is 1.26. The Balaban J connectivity index is 1.75. The molecular weight excluding hydrogens is 292 g/mol. The maximum absolute atomic E-state index is 13.4. The van der Waals surface area contributed by atoms with E-state index in [1.165, 1.54) is 17.8 Å². The molecule has 0 aliphatic carbocycles. The molecule has 0 N–H and O–H groups in total. The molecule has 0 heterocycles. The standard InChI is InChI=1S/C16H13F2NOS/c17-13-5-6-15(18)16(10-13)21-8-2-7-20-14-4-1-3-12(9-14)11-19/h1,3-6,9-10H,2,7-8H2. The normalized spacial score (nSPS) is 10.1. The second-order valence-electron chi connectivity index (χ2n) is 4.26. The number of halogens is 2. The van der Waals surface area contributed by atoms with Gasteiger partial charge in [0.05, 0.1) is 18.2 Å². The number of ether oxygens (including phenoxy) is 1. The SMILES string of the molecule is N#Cc1cccc(OCCCSc2cc(F)ccc2F)c1. The van der Waals surface area contributed by atoms with Gasteiger partial charge in [0.2, 0.25) is 0 Å². The van der Waals surface area contributed by atoms with Crippen LogP contribution in [-0.4, -0.2) is 12.4 Å². The van der Waals surface area contributed by atoms with Crippen molar-refractivity contribution in [1.29, 1.82) is 5.26 Å². The summed E-state index contributed by atoms with van der Waals surface area (Å²) in [6, 6.07) is 12.4. The molecule has 2 nitrogen and oxygen atoms in total. The summed E-state index contributed by atoms with van der Waals surface area (Å²) < 4.78 is 31.9. The van der Waals surface area contributed by atoms with Gasteiger partial charge in [-0.05, 0) is 42.8 Å². The van der Waals surface area contributed by atoms with Gasteiger partial charge in [0, 0.05) is 10.6 Å². The Bertz CT molecular complexity index is 655. The van der Waals surface area contributed by atoms with Crippen LogP contribution in [0.1, 0.15) is 12.0 Å². The van der Waals surface area contributed by atoms with E-state index in [1.54, 1.807) is 24.3 Å². The molecule has 0 saturated carbocycles. The zero-order valence-corrected chi connectivity index (χ0v) is 12.0. The lowest BCUT2D eigenvalue weighted by molar-refractivity contribution is 0.318. The van der Waals surface area contributed by atoms with Crippen molar-refractivity contribution in [2.24, 2.45) is 0 Å². The van der Waals surface area contributed by atoms with Crippen molar-refractivity contribution in [1.82, 2.24) is 0 Å². The van der Waals surface area contributed by atoms with Crippen molar-refractivity contribution in [3.8, 4) is 11.8 Å². The largest absolute Gasteiger partial charge is 0.494 e. The van der Waals surface area contributed by atoms with Gasteiger partial charge in [-0.3, -0.25) is 0 Å². The van der Waals surface area contributed by atoms with Crippen molar-refractivity contribution >= 4 is 11.8 Å². The van der Waals surface area contributed by atoms with Crippen molar-refractivity contribution in [3.05, 3.63) is 59.7 Å². The molecule has 0 radical (unpaired) electrons. The van der Waals surface area contributed by atoms with Crippen molar-refractivity contribution in [2.45, 2.75) is 11.3 Å². The molecule has 2 rings (SSSR count). The third-order valence-electron chi connectivity index (χ3n) is 2.67. The van der Waals surface area contributed by atoms with Crippen LogP contribution in [0.4, 0.5) is 8.78 Å². The van der Waals surface area contributed by atoms with E-state index in [4.69, 9.17) is 10.00 Å². The first kappa shape index (κ1) is 15.3. The highest BCUT2D eigenvalue weighted by Crippen LogP contribution is 2.23. The molecule has 21 heavy (non-hydrogen) atoms. The molecule has 0 aromatic heterocycles. The van der Waals surface area contributed by atoms with Crippen molar-refractivity contribution < 1.29 is 13.5 Å². The van der Waals surface area contributed by atoms with E-state index in [0.717, 1.165) is 12.1 Å². The topological polar surface area (TPSA) is 33.0 Å². The van der Waals surface area contributed by atoms with Gasteiger partial charge in [0.15, 0.2) is 0 Å². The van der Waals surface area contributed by atoms with Crippen LogP contribution < -0.4 is 4.74 Å². The molecular formula is C16H13F2NOS. The highest BCUT2D eigenvalue weighted by Gasteiger charge is 2.04. The van der Waals surface area contributed by atoms with Gasteiger partial charge in [0.25, 0.3) is 0 Å². The number of hydrogen-bond acceptors (Lipinski definition) is 3. The molecule has 5 heteroatoms. The van der Waals surface area contributed by atoms with Crippen LogP contribution in [0, 0.1) is 23.0 Å². The highest BCUT2D eigenvalue weighted by molar-refractivity contribution is 7.99. The summed E-state index contributed by atoms with van der Waals surface area (Å²) in [5.41, 5.74) is 0.545. The maximum Gasteiger partial charge on any atom is 0.136 e. The quantitative estimate of drug-likeness (QED) is 0.586. The molecule has 0 aliphatic heterocycles. The summed E-state index contributed by atoms with van der Waals surface area (Å²) in [6.07, 6.45) is 0.692. The first-order valence-corrected chi connectivity index (χ1v) is 7.38. The minimum absolute atomic E-state index is 0.307. The lowest BCUT2D eigenvalue weighted by Gasteiger charge is -2.06. The van der Waals surface area contributed by atoms with Crippen LogP contribution >= 0.6 is 11.8 Å². The van der Waals surface area contributed by atoms with E-state index in [9.17, 15) is 8.78 Å². The zero-order valence-electron chi connectivity index (χ0n) is 11.2. The van der Waals surface area contributed by atoms with Crippen LogP contribution in [0.5, 0.6) is 5.75 Å². The first-order valence-electron chi connectivity index (χ1n) is 6.40. The molecule has 0 atom stereocenters. The highest BCUT2D eigenvalue weighted by atomic mass is 32.2. The number of thioether (sulfide) groups is 1. The minimum atomic E-state index is -0.441. The van der Waals surface area contributed by atoms with Gasteiger partial charge < -0.3 is 4.74 Å². The third-order valence-corrected chi connectivity index (χ3v) is 3.79. The second kappa shape index (κ2) is 7.65. The van der Waals surface area contributed by atoms with E-state index >= 15 is 0 Å². The average molecular weight is 305 g/mol. The average Bonchev–Trinajstić information content (AvgIpc) is 2.50. The molecule has 0 spiro atoms. The molecule has 0 fully saturated rings. The Morgan fingerprint density at radius 2 is 2.00 bits per heavy atom. The smallest absolute Gasteiger partial charge is 0.136 e. The van der Waals surface area contributed by atoms with Gasteiger partial charge >= 0.3 is 0 Å². The molecule has 2 aromatic rings. The molecule has 0 amide bonds. The van der Waals surface area contributed by atoms with E-state index in [2.05, 4.69) is 0 Å². The number of hydrogen-bond donors (Lipinski definition) is 0. The zero-order chi connectivity index (χ0) is 15.1. The molecule has 108 valence electrons. The van der Waals surface area contributed by atoms with E-state index in [0.29, 0.717) is 35.0 Å². The van der Waals surface area contributed by atoms with Gasteiger partial charge in [-0.15, -0.1) is 11.8 Å². The third kappa shape index (κ3) is 4.76. The maximum atomic E-state index is 13.4. The number of benzene rings is 2. The minimum Gasteiger partial charge on any atom is -0.494 e. The van der Waals surface area contributed by atoms with Gasteiger partial charge in [-0.25, -0.2) is 8.78 Å². The van der Waals surface area contributed by atoms with Gasteiger partial charge in [-0.1, -0.05) is 6.07 Å². The molecule has 0 saturated heterocycles. The van der Waals surface area contributed by atoms with Crippen LogP contribution in [-0.2, 0) is 0 Å². The Morgan fingerprint density at radius 3 is 2.81 bits per heavy atom. The Labute approximate surface area is 126 Å². The summed E-state index contributed by atoms with van der Waals surface area (Å²) in [7, 11) is 0. The molecule has 0 bridgehead atoms. The fourth-order valence-corrected chi connectivity index (χ4v) is 2.56. The summed E-state index contributed by atoms with van der Waals surface area (Å²) in [5, 5.41) is 8.77. The van der Waals surface area contributed by atoms with Gasteiger partial charge in [0.1, 0.15) is 17.4 Å². The van der Waals surface area contributed by atoms with Crippen molar-refractivity contribution in [2.75, 3.05) is 12.4 Å².